The molecule has 0 fully saturated rings. The molecular weight excluding hydrogens is 260 g/mol. The fourth-order valence-corrected chi connectivity index (χ4v) is 2.33. The fraction of sp³-hybridized carbons (Fsp3) is 0.429. The Balaban J connectivity index is 2.18. The summed E-state index contributed by atoms with van der Waals surface area (Å²) in [6.07, 6.45) is 3.82. The SMILES string of the molecule is CCCNC(Cc1cn(C)nn1)c1ccccc1Cl. The topological polar surface area (TPSA) is 42.7 Å². The lowest BCUT2D eigenvalue weighted by atomic mass is 10.0. The number of aryl methyl sites for hydroxylation is 1. The summed E-state index contributed by atoms with van der Waals surface area (Å²) < 4.78 is 1.72. The van der Waals surface area contributed by atoms with Crippen molar-refractivity contribution in [1.29, 1.82) is 0 Å². The highest BCUT2D eigenvalue weighted by molar-refractivity contribution is 6.31. The maximum Gasteiger partial charge on any atom is 0.0845 e. The van der Waals surface area contributed by atoms with Gasteiger partial charge in [-0.25, -0.2) is 0 Å². The Morgan fingerprint density at radius 2 is 2.16 bits per heavy atom. The Morgan fingerprint density at radius 1 is 1.37 bits per heavy atom. The smallest absolute Gasteiger partial charge is 0.0845 e. The molecule has 0 bridgehead atoms. The van der Waals surface area contributed by atoms with Crippen molar-refractivity contribution >= 4 is 11.6 Å². The highest BCUT2D eigenvalue weighted by Gasteiger charge is 2.15. The maximum atomic E-state index is 6.29. The molecule has 2 aromatic rings. The van der Waals surface area contributed by atoms with Crippen LogP contribution in [0.15, 0.2) is 30.5 Å². The quantitative estimate of drug-likeness (QED) is 0.883. The lowest BCUT2D eigenvalue weighted by molar-refractivity contribution is 0.524. The van der Waals surface area contributed by atoms with Crippen LogP contribution in [0.1, 0.15) is 30.6 Å². The first-order chi connectivity index (χ1) is 9.20. The van der Waals surface area contributed by atoms with E-state index in [9.17, 15) is 0 Å². The van der Waals surface area contributed by atoms with Crippen molar-refractivity contribution < 1.29 is 0 Å². The normalized spacial score (nSPS) is 12.6. The molecule has 19 heavy (non-hydrogen) atoms. The summed E-state index contributed by atoms with van der Waals surface area (Å²) in [5.74, 6) is 0. The third-order valence-electron chi connectivity index (χ3n) is 2.98. The van der Waals surface area contributed by atoms with Gasteiger partial charge < -0.3 is 5.32 Å². The lowest BCUT2D eigenvalue weighted by Crippen LogP contribution is -2.24. The molecule has 1 N–H and O–H groups in total. The summed E-state index contributed by atoms with van der Waals surface area (Å²) in [7, 11) is 1.88. The van der Waals surface area contributed by atoms with Gasteiger partial charge in [0.05, 0.1) is 5.69 Å². The Bertz CT molecular complexity index is 524. The molecule has 1 heterocycles. The van der Waals surface area contributed by atoms with Crippen molar-refractivity contribution in [3.8, 4) is 0 Å². The van der Waals surface area contributed by atoms with Gasteiger partial charge in [-0.15, -0.1) is 5.10 Å². The van der Waals surface area contributed by atoms with Crippen LogP contribution in [0.2, 0.25) is 5.02 Å². The number of nitrogens with one attached hydrogen (secondary N) is 1. The van der Waals surface area contributed by atoms with Gasteiger partial charge in [-0.05, 0) is 24.6 Å². The number of hydrogen-bond donors (Lipinski definition) is 1. The molecule has 1 aromatic heterocycles. The van der Waals surface area contributed by atoms with Crippen molar-refractivity contribution in [1.82, 2.24) is 20.3 Å². The highest BCUT2D eigenvalue weighted by Crippen LogP contribution is 2.25. The summed E-state index contributed by atoms with van der Waals surface area (Å²) in [5.41, 5.74) is 2.08. The van der Waals surface area contributed by atoms with Gasteiger partial charge in [0.15, 0.2) is 0 Å². The van der Waals surface area contributed by atoms with Crippen molar-refractivity contribution in [3.63, 3.8) is 0 Å². The van der Waals surface area contributed by atoms with Crippen LogP contribution in [0.4, 0.5) is 0 Å². The van der Waals surface area contributed by atoms with Crippen molar-refractivity contribution in [2.75, 3.05) is 6.54 Å². The number of hydrogen-bond acceptors (Lipinski definition) is 3. The third-order valence-corrected chi connectivity index (χ3v) is 3.33. The van der Waals surface area contributed by atoms with Gasteiger partial charge in [0.1, 0.15) is 0 Å². The Morgan fingerprint density at radius 3 is 2.79 bits per heavy atom. The highest BCUT2D eigenvalue weighted by atomic mass is 35.5. The Labute approximate surface area is 118 Å². The largest absolute Gasteiger partial charge is 0.310 e. The van der Waals surface area contributed by atoms with Gasteiger partial charge >= 0.3 is 0 Å². The summed E-state index contributed by atoms with van der Waals surface area (Å²) in [6.45, 7) is 3.11. The molecule has 102 valence electrons. The standard InChI is InChI=1S/C14H19ClN4/c1-3-8-16-14(9-11-10-19(2)18-17-11)12-6-4-5-7-13(12)15/h4-7,10,14,16H,3,8-9H2,1-2H3. The van der Waals surface area contributed by atoms with Crippen molar-refractivity contribution in [3.05, 3.63) is 46.7 Å². The number of nitrogens with zero attached hydrogens (tertiary/aromatic N) is 3. The number of aromatic nitrogens is 3. The summed E-state index contributed by atoms with van der Waals surface area (Å²) >= 11 is 6.29. The van der Waals surface area contributed by atoms with E-state index in [2.05, 4.69) is 28.6 Å². The zero-order valence-electron chi connectivity index (χ0n) is 11.3. The van der Waals surface area contributed by atoms with Crippen LogP contribution >= 0.6 is 11.6 Å². The molecule has 1 unspecified atom stereocenters. The minimum absolute atomic E-state index is 0.172. The second kappa shape index (κ2) is 6.68. The average Bonchev–Trinajstić information content (AvgIpc) is 2.81. The molecule has 2 rings (SSSR count). The monoisotopic (exact) mass is 278 g/mol. The van der Waals surface area contributed by atoms with Crippen molar-refractivity contribution in [2.45, 2.75) is 25.8 Å². The third kappa shape index (κ3) is 3.78. The predicted octanol–water partition coefficient (Wildman–Crippen LogP) is 2.75. The Kier molecular flexibility index (Phi) is 4.93. The van der Waals surface area contributed by atoms with E-state index in [1.165, 1.54) is 0 Å². The van der Waals surface area contributed by atoms with Crippen LogP contribution < -0.4 is 5.32 Å². The van der Waals surface area contributed by atoms with Crippen LogP contribution in [-0.4, -0.2) is 21.5 Å². The molecule has 0 aliphatic carbocycles. The molecule has 4 nitrogen and oxygen atoms in total. The first-order valence-corrected chi connectivity index (χ1v) is 6.91. The van der Waals surface area contributed by atoms with Gasteiger partial charge in [0.2, 0.25) is 0 Å². The minimum Gasteiger partial charge on any atom is -0.310 e. The van der Waals surface area contributed by atoms with E-state index < -0.39 is 0 Å². The molecule has 0 aliphatic rings. The van der Waals surface area contributed by atoms with Crippen LogP contribution in [0.5, 0.6) is 0 Å². The molecule has 0 saturated heterocycles. The average molecular weight is 279 g/mol. The van der Waals surface area contributed by atoms with E-state index in [1.807, 2.05) is 31.4 Å². The molecule has 1 atom stereocenters. The molecule has 0 spiro atoms. The van der Waals surface area contributed by atoms with E-state index in [0.29, 0.717) is 0 Å². The first kappa shape index (κ1) is 14.0. The zero-order chi connectivity index (χ0) is 13.7. The second-order valence-electron chi connectivity index (χ2n) is 4.62. The van der Waals surface area contributed by atoms with Crippen LogP contribution in [-0.2, 0) is 13.5 Å². The zero-order valence-corrected chi connectivity index (χ0v) is 12.1. The lowest BCUT2D eigenvalue weighted by Gasteiger charge is -2.19. The minimum atomic E-state index is 0.172. The summed E-state index contributed by atoms with van der Waals surface area (Å²) in [5, 5.41) is 12.4. The molecular formula is C14H19ClN4. The van der Waals surface area contributed by atoms with E-state index in [1.54, 1.807) is 4.68 Å². The van der Waals surface area contributed by atoms with Gasteiger partial charge in [-0.3, -0.25) is 4.68 Å². The van der Waals surface area contributed by atoms with Gasteiger partial charge in [-0.2, -0.15) is 0 Å². The molecule has 1 aromatic carbocycles. The van der Waals surface area contributed by atoms with E-state index in [4.69, 9.17) is 11.6 Å². The van der Waals surface area contributed by atoms with Gasteiger partial charge in [0, 0.05) is 30.7 Å². The van der Waals surface area contributed by atoms with Crippen LogP contribution in [0.3, 0.4) is 0 Å². The summed E-state index contributed by atoms with van der Waals surface area (Å²) in [6, 6.07) is 8.12. The van der Waals surface area contributed by atoms with Gasteiger partial charge in [0.25, 0.3) is 0 Å². The second-order valence-corrected chi connectivity index (χ2v) is 5.02. The molecule has 0 aliphatic heterocycles. The first-order valence-electron chi connectivity index (χ1n) is 6.53. The fourth-order valence-electron chi connectivity index (χ4n) is 2.07. The van der Waals surface area contributed by atoms with Crippen LogP contribution in [0.25, 0.3) is 0 Å². The van der Waals surface area contributed by atoms with E-state index in [0.717, 1.165) is 35.7 Å². The molecule has 0 radical (unpaired) electrons. The van der Waals surface area contributed by atoms with Crippen LogP contribution in [0, 0.1) is 0 Å². The predicted molar refractivity (Wildman–Crippen MR) is 77.2 cm³/mol. The number of halogens is 1. The maximum absolute atomic E-state index is 6.29. The molecule has 5 heteroatoms. The Hall–Kier alpha value is -1.39. The van der Waals surface area contributed by atoms with E-state index >= 15 is 0 Å². The molecule has 0 saturated carbocycles. The van der Waals surface area contributed by atoms with Gasteiger partial charge in [-0.1, -0.05) is 41.9 Å². The number of rotatable bonds is 6. The summed E-state index contributed by atoms with van der Waals surface area (Å²) in [4.78, 5) is 0. The van der Waals surface area contributed by atoms with Crippen molar-refractivity contribution in [2.24, 2.45) is 7.05 Å². The van der Waals surface area contributed by atoms with E-state index in [-0.39, 0.29) is 6.04 Å². The molecule has 0 amide bonds. The number of benzene rings is 1.